The summed E-state index contributed by atoms with van der Waals surface area (Å²) in [7, 11) is 0. The molecule has 0 aromatic carbocycles. The van der Waals surface area contributed by atoms with Crippen molar-refractivity contribution in [2.75, 3.05) is 6.61 Å². The summed E-state index contributed by atoms with van der Waals surface area (Å²) in [6.07, 6.45) is 20.7. The first-order valence-electron chi connectivity index (χ1n) is 13.4. The Morgan fingerprint density at radius 2 is 1.18 bits per heavy atom. The number of nitrogens with two attached hydrogens (primary N) is 2. The van der Waals surface area contributed by atoms with E-state index < -0.39 is 29.9 Å². The molecule has 0 aliphatic carbocycles. The second-order valence-corrected chi connectivity index (χ2v) is 9.33. The first-order chi connectivity index (χ1) is 15.9. The average molecular weight is 506 g/mol. The first-order valence-corrected chi connectivity index (χ1v) is 13.4. The standard InChI is InChI=1S/C26H51N3O4.ClH/c1-3-4-5-6-7-8-9-10-11-12-13-14-15-16-17-18-21-33-26(32)23(19-20-24(28)30)29-25(31)22(2)27;/h22-23H,3-21,27H2,1-2H3,(H2,28,30)(H,29,31);1H/t22-,23+;/m1./s1. The van der Waals surface area contributed by atoms with E-state index in [9.17, 15) is 14.4 Å². The molecule has 0 rings (SSSR count). The Kier molecular flexibility index (Phi) is 25.4. The lowest BCUT2D eigenvalue weighted by Crippen LogP contribution is -2.48. The lowest BCUT2D eigenvalue weighted by Gasteiger charge is -2.18. The van der Waals surface area contributed by atoms with Crippen LogP contribution in [0.1, 0.15) is 129 Å². The third-order valence-electron chi connectivity index (χ3n) is 5.94. The van der Waals surface area contributed by atoms with Crippen molar-refractivity contribution in [3.8, 4) is 0 Å². The fraction of sp³-hybridized carbons (Fsp3) is 0.885. The summed E-state index contributed by atoms with van der Waals surface area (Å²) in [5.74, 6) is -1.52. The molecule has 0 unspecified atom stereocenters. The maximum atomic E-state index is 12.2. The van der Waals surface area contributed by atoms with Crippen molar-refractivity contribution in [1.29, 1.82) is 0 Å². The number of hydrogen-bond acceptors (Lipinski definition) is 5. The van der Waals surface area contributed by atoms with Crippen LogP contribution in [0.15, 0.2) is 0 Å². The summed E-state index contributed by atoms with van der Waals surface area (Å²) >= 11 is 0. The number of hydrogen-bond donors (Lipinski definition) is 3. The second-order valence-electron chi connectivity index (χ2n) is 9.33. The molecule has 202 valence electrons. The zero-order valence-corrected chi connectivity index (χ0v) is 22.6. The van der Waals surface area contributed by atoms with Crippen LogP contribution in [0, 0.1) is 0 Å². The van der Waals surface area contributed by atoms with Crippen molar-refractivity contribution in [2.24, 2.45) is 11.5 Å². The first kappa shape index (κ1) is 34.8. The molecule has 0 aliphatic rings. The average Bonchev–Trinajstić information content (AvgIpc) is 2.78. The van der Waals surface area contributed by atoms with Crippen molar-refractivity contribution >= 4 is 30.2 Å². The maximum Gasteiger partial charge on any atom is 0.328 e. The van der Waals surface area contributed by atoms with Gasteiger partial charge in [-0.05, 0) is 19.8 Å². The Morgan fingerprint density at radius 3 is 1.56 bits per heavy atom. The molecule has 2 amide bonds. The molecule has 0 aromatic rings. The van der Waals surface area contributed by atoms with Crippen LogP contribution in [0.3, 0.4) is 0 Å². The van der Waals surface area contributed by atoms with E-state index in [-0.39, 0.29) is 25.2 Å². The second kappa shape index (κ2) is 24.8. The van der Waals surface area contributed by atoms with E-state index >= 15 is 0 Å². The predicted molar refractivity (Wildman–Crippen MR) is 142 cm³/mol. The quantitative estimate of drug-likeness (QED) is 0.128. The minimum absolute atomic E-state index is 0. The van der Waals surface area contributed by atoms with Gasteiger partial charge in [-0.1, -0.05) is 103 Å². The third kappa shape index (κ3) is 22.5. The van der Waals surface area contributed by atoms with E-state index in [1.54, 1.807) is 0 Å². The highest BCUT2D eigenvalue weighted by Crippen LogP contribution is 2.13. The van der Waals surface area contributed by atoms with Gasteiger partial charge < -0.3 is 21.5 Å². The highest BCUT2D eigenvalue weighted by molar-refractivity contribution is 5.87. The van der Waals surface area contributed by atoms with Gasteiger partial charge in [-0.3, -0.25) is 9.59 Å². The molecule has 0 aliphatic heterocycles. The predicted octanol–water partition coefficient (Wildman–Crippen LogP) is 5.31. The molecular weight excluding hydrogens is 454 g/mol. The topological polar surface area (TPSA) is 125 Å². The summed E-state index contributed by atoms with van der Waals surface area (Å²) < 4.78 is 5.29. The zero-order valence-electron chi connectivity index (χ0n) is 21.8. The Bertz CT molecular complexity index is 518. The minimum atomic E-state index is -0.892. The molecule has 0 aromatic heterocycles. The Balaban J connectivity index is 0. The van der Waals surface area contributed by atoms with Crippen molar-refractivity contribution in [3.05, 3.63) is 0 Å². The van der Waals surface area contributed by atoms with Gasteiger partial charge in [-0.25, -0.2) is 4.79 Å². The Morgan fingerprint density at radius 1 is 0.765 bits per heavy atom. The number of amides is 2. The number of unbranched alkanes of at least 4 members (excludes halogenated alkanes) is 15. The van der Waals surface area contributed by atoms with Crippen LogP contribution in [-0.2, 0) is 19.1 Å². The number of carbonyl (C=O) groups is 3. The van der Waals surface area contributed by atoms with Gasteiger partial charge in [0.1, 0.15) is 6.04 Å². The molecule has 5 N–H and O–H groups in total. The summed E-state index contributed by atoms with van der Waals surface area (Å²) in [6.45, 7) is 4.11. The van der Waals surface area contributed by atoms with Crippen LogP contribution in [0.2, 0.25) is 0 Å². The van der Waals surface area contributed by atoms with Crippen LogP contribution < -0.4 is 16.8 Å². The molecule has 0 heterocycles. The molecule has 0 spiro atoms. The van der Waals surface area contributed by atoms with Crippen LogP contribution in [-0.4, -0.2) is 36.5 Å². The summed E-state index contributed by atoms with van der Waals surface area (Å²) in [5, 5.41) is 2.53. The van der Waals surface area contributed by atoms with Crippen LogP contribution in [0.4, 0.5) is 0 Å². The normalized spacial score (nSPS) is 12.4. The van der Waals surface area contributed by atoms with Crippen LogP contribution in [0.25, 0.3) is 0 Å². The molecule has 0 fully saturated rings. The molecule has 0 bridgehead atoms. The molecular formula is C26H52ClN3O4. The summed E-state index contributed by atoms with van der Waals surface area (Å²) in [4.78, 5) is 35.0. The number of nitrogens with one attached hydrogen (secondary N) is 1. The molecule has 0 saturated heterocycles. The van der Waals surface area contributed by atoms with Crippen molar-refractivity contribution in [2.45, 2.75) is 142 Å². The Labute approximate surface area is 214 Å². The van der Waals surface area contributed by atoms with Gasteiger partial charge in [0.15, 0.2) is 0 Å². The number of rotatable bonds is 23. The van der Waals surface area contributed by atoms with Crippen molar-refractivity contribution < 1.29 is 19.1 Å². The van der Waals surface area contributed by atoms with Crippen molar-refractivity contribution in [1.82, 2.24) is 5.32 Å². The van der Waals surface area contributed by atoms with Gasteiger partial charge in [-0.15, -0.1) is 12.4 Å². The van der Waals surface area contributed by atoms with Crippen LogP contribution >= 0.6 is 12.4 Å². The Hall–Kier alpha value is -1.34. The van der Waals surface area contributed by atoms with Gasteiger partial charge in [0, 0.05) is 6.42 Å². The number of esters is 1. The monoisotopic (exact) mass is 505 g/mol. The van der Waals surface area contributed by atoms with Gasteiger partial charge >= 0.3 is 5.97 Å². The molecule has 8 heteroatoms. The third-order valence-corrected chi connectivity index (χ3v) is 5.94. The molecule has 0 radical (unpaired) electrons. The molecule has 34 heavy (non-hydrogen) atoms. The van der Waals surface area contributed by atoms with Gasteiger partial charge in [0.25, 0.3) is 0 Å². The number of halogens is 1. The zero-order chi connectivity index (χ0) is 24.7. The van der Waals surface area contributed by atoms with E-state index in [1.807, 2.05) is 0 Å². The van der Waals surface area contributed by atoms with E-state index in [4.69, 9.17) is 16.2 Å². The van der Waals surface area contributed by atoms with Gasteiger partial charge in [0.05, 0.1) is 12.6 Å². The van der Waals surface area contributed by atoms with Crippen LogP contribution in [0.5, 0.6) is 0 Å². The molecule has 0 saturated carbocycles. The lowest BCUT2D eigenvalue weighted by atomic mass is 10.0. The SMILES string of the molecule is CCCCCCCCCCCCCCCCCCOC(=O)[C@H](CCC(N)=O)NC(=O)[C@@H](C)N.Cl. The fourth-order valence-corrected chi connectivity index (χ4v) is 3.76. The lowest BCUT2D eigenvalue weighted by molar-refractivity contribution is -0.148. The van der Waals surface area contributed by atoms with Crippen molar-refractivity contribution in [3.63, 3.8) is 0 Å². The fourth-order valence-electron chi connectivity index (χ4n) is 3.76. The number of ether oxygens (including phenoxy) is 1. The highest BCUT2D eigenvalue weighted by atomic mass is 35.5. The largest absolute Gasteiger partial charge is 0.464 e. The molecule has 2 atom stereocenters. The summed E-state index contributed by atoms with van der Waals surface area (Å²) in [6, 6.07) is -1.63. The summed E-state index contributed by atoms with van der Waals surface area (Å²) in [5.41, 5.74) is 10.7. The maximum absolute atomic E-state index is 12.2. The van der Waals surface area contributed by atoms with E-state index in [2.05, 4.69) is 12.2 Å². The smallest absolute Gasteiger partial charge is 0.328 e. The number of carbonyl (C=O) groups excluding carboxylic acids is 3. The van der Waals surface area contributed by atoms with E-state index in [0.717, 1.165) is 19.3 Å². The van der Waals surface area contributed by atoms with Gasteiger partial charge in [-0.2, -0.15) is 0 Å². The minimum Gasteiger partial charge on any atom is -0.464 e. The number of primary amides is 1. The van der Waals surface area contributed by atoms with E-state index in [1.165, 1.54) is 90.4 Å². The molecule has 7 nitrogen and oxygen atoms in total. The van der Waals surface area contributed by atoms with Gasteiger partial charge in [0.2, 0.25) is 11.8 Å². The highest BCUT2D eigenvalue weighted by Gasteiger charge is 2.24. The van der Waals surface area contributed by atoms with E-state index in [0.29, 0.717) is 6.61 Å².